The maximum Gasteiger partial charge on any atom is 0.249 e. The number of rotatable bonds is 1. The van der Waals surface area contributed by atoms with Crippen molar-refractivity contribution >= 4 is 35.1 Å². The summed E-state index contributed by atoms with van der Waals surface area (Å²) >= 11 is 0. The van der Waals surface area contributed by atoms with Crippen LogP contribution in [-0.4, -0.2) is 35.1 Å². The number of amides is 1. The normalized spacial score (nSPS) is 12.2. The summed E-state index contributed by atoms with van der Waals surface area (Å²) in [7, 11) is 0. The fraction of sp³-hybridized carbons (Fsp3) is 0. The van der Waals surface area contributed by atoms with Gasteiger partial charge in [-0.2, -0.15) is 0 Å². The van der Waals surface area contributed by atoms with E-state index in [9.17, 15) is 14.4 Å². The van der Waals surface area contributed by atoms with Crippen molar-refractivity contribution in [1.82, 2.24) is 0 Å². The zero-order valence-electron chi connectivity index (χ0n) is 10.3. The summed E-state index contributed by atoms with van der Waals surface area (Å²) in [4.78, 5) is 36.1. The first-order valence-corrected chi connectivity index (χ1v) is 5.72. The second-order valence-corrected chi connectivity index (χ2v) is 4.30. The smallest absolute Gasteiger partial charge is 0.249 e. The molecule has 5 heteroatoms. The Morgan fingerprint density at radius 1 is 0.800 bits per heavy atom. The van der Waals surface area contributed by atoms with Crippen molar-refractivity contribution in [3.8, 4) is 0 Å². The number of primary amides is 1. The van der Waals surface area contributed by atoms with Gasteiger partial charge in [0, 0.05) is 39.9 Å². The Hall–Kier alpha value is -2.21. The average molecular weight is 324 g/mol. The van der Waals surface area contributed by atoms with Gasteiger partial charge in [0.15, 0.2) is 11.6 Å². The van der Waals surface area contributed by atoms with Crippen LogP contribution in [0.25, 0.3) is 0 Å². The van der Waals surface area contributed by atoms with Gasteiger partial charge in [-0.25, -0.2) is 0 Å². The number of carbonyl (C=O) groups is 3. The maximum absolute atomic E-state index is 12.4. The van der Waals surface area contributed by atoms with Crippen molar-refractivity contribution in [3.63, 3.8) is 0 Å². The first-order valence-electron chi connectivity index (χ1n) is 5.72. The average Bonchev–Trinajstić information content (AvgIpc) is 2.44. The molecule has 96 valence electrons. The fourth-order valence-electron chi connectivity index (χ4n) is 2.35. The van der Waals surface area contributed by atoms with Crippen LogP contribution < -0.4 is 5.73 Å². The van der Waals surface area contributed by atoms with Crippen LogP contribution >= 0.6 is 0 Å². The third kappa shape index (κ3) is 1.89. The van der Waals surface area contributed by atoms with E-state index in [-0.39, 0.29) is 45.9 Å². The minimum Gasteiger partial charge on any atom is -0.366 e. The Balaban J connectivity index is 0.00000147. The number of fused-ring (bicyclic) bond motifs is 2. The molecule has 0 bridgehead atoms. The summed E-state index contributed by atoms with van der Waals surface area (Å²) in [5.41, 5.74) is 6.37. The second kappa shape index (κ2) is 5.05. The van der Waals surface area contributed by atoms with Crippen LogP contribution in [0.1, 0.15) is 42.2 Å². The fourth-order valence-corrected chi connectivity index (χ4v) is 2.35. The van der Waals surface area contributed by atoms with E-state index in [0.717, 1.165) is 0 Å². The molecule has 2 aromatic carbocycles. The Bertz CT molecular complexity index is 753. The Morgan fingerprint density at radius 3 is 1.95 bits per heavy atom. The number of nitrogens with two attached hydrogens (primary N) is 1. The number of hydrogen-bond acceptors (Lipinski definition) is 3. The first kappa shape index (κ1) is 14.2. The summed E-state index contributed by atoms with van der Waals surface area (Å²) in [6.45, 7) is 0. The zero-order valence-corrected chi connectivity index (χ0v) is 12.4. The summed E-state index contributed by atoms with van der Waals surface area (Å²) in [6, 6.07) is 11.1. The molecule has 0 aliphatic heterocycles. The predicted molar refractivity (Wildman–Crippen MR) is 74.0 cm³/mol. The van der Waals surface area contributed by atoms with E-state index >= 15 is 0 Å². The Kier molecular flexibility index (Phi) is 3.59. The van der Waals surface area contributed by atoms with Gasteiger partial charge in [0.05, 0.1) is 5.56 Å². The van der Waals surface area contributed by atoms with Gasteiger partial charge in [0.2, 0.25) is 5.91 Å². The summed E-state index contributed by atoms with van der Waals surface area (Å²) in [5, 5.41) is 0. The molecule has 2 N–H and O–H groups in total. The first-order chi connectivity index (χ1) is 9.11. The van der Waals surface area contributed by atoms with Gasteiger partial charge in [0.25, 0.3) is 0 Å². The number of carbonyl (C=O) groups excluding carboxylic acids is 3. The standard InChI is InChI=1S/C15H9NO3.Ge/c16-15(19)11-7-3-6-10-12(11)14(18)9-5-2-1-4-8(9)13(10)17;/h1-7H,(H2,16,19);. The van der Waals surface area contributed by atoms with E-state index in [0.29, 0.717) is 11.1 Å². The number of hydrogen-bond donors (Lipinski definition) is 1. The third-order valence-electron chi connectivity index (χ3n) is 3.22. The molecular weight excluding hydrogens is 315 g/mol. The van der Waals surface area contributed by atoms with Crippen molar-refractivity contribution in [2.24, 2.45) is 5.73 Å². The number of ketones is 2. The molecule has 0 unspecified atom stereocenters. The maximum atomic E-state index is 12.4. The molecule has 4 radical (unpaired) electrons. The van der Waals surface area contributed by atoms with Crippen molar-refractivity contribution in [2.45, 2.75) is 0 Å². The van der Waals surface area contributed by atoms with Gasteiger partial charge in [0.1, 0.15) is 0 Å². The second-order valence-electron chi connectivity index (χ2n) is 4.30. The topological polar surface area (TPSA) is 77.2 Å². The van der Waals surface area contributed by atoms with E-state index in [2.05, 4.69) is 0 Å². The van der Waals surface area contributed by atoms with Crippen LogP contribution in [-0.2, 0) is 0 Å². The molecule has 1 aliphatic carbocycles. The summed E-state index contributed by atoms with van der Waals surface area (Å²) in [6.07, 6.45) is 0. The van der Waals surface area contributed by atoms with E-state index in [1.54, 1.807) is 30.3 Å². The van der Waals surface area contributed by atoms with Gasteiger partial charge < -0.3 is 5.73 Å². The monoisotopic (exact) mass is 325 g/mol. The van der Waals surface area contributed by atoms with Gasteiger partial charge >= 0.3 is 0 Å². The van der Waals surface area contributed by atoms with Gasteiger partial charge in [-0.1, -0.05) is 36.4 Å². The molecule has 0 spiro atoms. The molecule has 20 heavy (non-hydrogen) atoms. The molecule has 0 saturated heterocycles. The van der Waals surface area contributed by atoms with E-state index in [1.807, 2.05) is 0 Å². The minimum absolute atomic E-state index is 0. The van der Waals surface area contributed by atoms with Crippen LogP contribution in [0.3, 0.4) is 0 Å². The molecule has 2 aromatic rings. The molecule has 1 aliphatic rings. The molecule has 3 rings (SSSR count). The van der Waals surface area contributed by atoms with Crippen LogP contribution in [0.2, 0.25) is 0 Å². The summed E-state index contributed by atoms with van der Waals surface area (Å²) in [5.74, 6) is -1.30. The van der Waals surface area contributed by atoms with Crippen molar-refractivity contribution < 1.29 is 14.4 Å². The molecule has 1 amide bonds. The van der Waals surface area contributed by atoms with Crippen LogP contribution in [0.5, 0.6) is 0 Å². The van der Waals surface area contributed by atoms with E-state index in [1.165, 1.54) is 12.1 Å². The van der Waals surface area contributed by atoms with Gasteiger partial charge in [-0.05, 0) is 6.07 Å². The quantitative estimate of drug-likeness (QED) is 0.683. The predicted octanol–water partition coefficient (Wildman–Crippen LogP) is 1.18. The number of benzene rings is 2. The molecule has 0 heterocycles. The van der Waals surface area contributed by atoms with E-state index in [4.69, 9.17) is 5.73 Å². The molecule has 0 fully saturated rings. The molecule has 4 nitrogen and oxygen atoms in total. The van der Waals surface area contributed by atoms with Crippen LogP contribution in [0.4, 0.5) is 0 Å². The van der Waals surface area contributed by atoms with Crippen LogP contribution in [0, 0.1) is 0 Å². The Morgan fingerprint density at radius 2 is 1.35 bits per heavy atom. The Labute approximate surface area is 125 Å². The van der Waals surface area contributed by atoms with Crippen molar-refractivity contribution in [1.29, 1.82) is 0 Å². The SMILES string of the molecule is NC(=O)c1cccc2c1C(=O)c1ccccc1C2=O.[Ge]. The van der Waals surface area contributed by atoms with Crippen molar-refractivity contribution in [2.75, 3.05) is 0 Å². The van der Waals surface area contributed by atoms with Gasteiger partial charge in [-0.3, -0.25) is 14.4 Å². The zero-order chi connectivity index (χ0) is 13.6. The molecule has 0 saturated carbocycles. The molecule has 0 aromatic heterocycles. The summed E-state index contributed by atoms with van der Waals surface area (Å²) < 4.78 is 0. The van der Waals surface area contributed by atoms with E-state index < -0.39 is 5.91 Å². The van der Waals surface area contributed by atoms with Gasteiger partial charge in [-0.15, -0.1) is 0 Å². The third-order valence-corrected chi connectivity index (χ3v) is 3.22. The van der Waals surface area contributed by atoms with Crippen LogP contribution in [0.15, 0.2) is 42.5 Å². The van der Waals surface area contributed by atoms with Crippen molar-refractivity contribution in [3.05, 3.63) is 70.3 Å². The largest absolute Gasteiger partial charge is 0.366 e. The molecule has 0 atom stereocenters. The minimum atomic E-state index is -0.711. The molecular formula is C15H9GeNO3.